The molecular formula is C14H21N3O. The molecule has 98 valence electrons. The maximum atomic E-state index is 12.4. The van der Waals surface area contributed by atoms with E-state index in [2.05, 4.69) is 24.1 Å². The van der Waals surface area contributed by atoms with Crippen LogP contribution < -0.4 is 5.32 Å². The zero-order chi connectivity index (χ0) is 13.4. The summed E-state index contributed by atoms with van der Waals surface area (Å²) >= 11 is 0. The lowest BCUT2D eigenvalue weighted by Gasteiger charge is -2.47. The predicted molar refractivity (Wildman–Crippen MR) is 70.9 cm³/mol. The maximum Gasteiger partial charge on any atom is 0.242 e. The number of nitrogens with one attached hydrogen (secondary N) is 1. The van der Waals surface area contributed by atoms with Gasteiger partial charge in [-0.3, -0.25) is 15.1 Å². The van der Waals surface area contributed by atoms with Gasteiger partial charge in [0.1, 0.15) is 0 Å². The van der Waals surface area contributed by atoms with Crippen molar-refractivity contribution in [3.63, 3.8) is 0 Å². The molecule has 0 atom stereocenters. The second-order valence-electron chi connectivity index (χ2n) is 6.12. The summed E-state index contributed by atoms with van der Waals surface area (Å²) in [5.41, 5.74) is 0.335. The summed E-state index contributed by atoms with van der Waals surface area (Å²) in [5, 5.41) is 3.39. The van der Waals surface area contributed by atoms with Crippen LogP contribution in [0.3, 0.4) is 0 Å². The number of piperazine rings is 1. The molecule has 1 aliphatic rings. The Morgan fingerprint density at radius 1 is 1.33 bits per heavy atom. The third-order valence-corrected chi connectivity index (χ3v) is 3.14. The van der Waals surface area contributed by atoms with E-state index in [0.29, 0.717) is 13.1 Å². The van der Waals surface area contributed by atoms with Crippen molar-refractivity contribution in [3.05, 3.63) is 30.1 Å². The number of amides is 1. The Bertz CT molecular complexity index is 440. The molecule has 1 fully saturated rings. The van der Waals surface area contributed by atoms with Crippen LogP contribution in [0.25, 0.3) is 0 Å². The van der Waals surface area contributed by atoms with E-state index in [0.717, 1.165) is 5.69 Å². The lowest BCUT2D eigenvalue weighted by atomic mass is 9.90. The number of hydrogen-bond acceptors (Lipinski definition) is 3. The third-order valence-electron chi connectivity index (χ3n) is 3.14. The molecule has 2 rings (SSSR count). The molecule has 1 aromatic rings. The van der Waals surface area contributed by atoms with Crippen LogP contribution in [0.15, 0.2) is 24.4 Å². The van der Waals surface area contributed by atoms with E-state index in [-0.39, 0.29) is 11.4 Å². The molecular weight excluding hydrogens is 226 g/mol. The molecule has 18 heavy (non-hydrogen) atoms. The first kappa shape index (κ1) is 13.0. The van der Waals surface area contributed by atoms with E-state index in [1.807, 2.05) is 36.9 Å². The van der Waals surface area contributed by atoms with E-state index in [1.165, 1.54) is 0 Å². The molecule has 1 aliphatic heterocycles. The van der Waals surface area contributed by atoms with Crippen molar-refractivity contribution in [3.8, 4) is 0 Å². The van der Waals surface area contributed by atoms with Crippen molar-refractivity contribution in [1.29, 1.82) is 0 Å². The molecule has 1 aromatic heterocycles. The van der Waals surface area contributed by atoms with Gasteiger partial charge < -0.3 is 4.90 Å². The fourth-order valence-electron chi connectivity index (χ4n) is 2.70. The van der Waals surface area contributed by atoms with Crippen LogP contribution in [-0.4, -0.2) is 33.4 Å². The van der Waals surface area contributed by atoms with Crippen molar-refractivity contribution in [2.45, 2.75) is 45.3 Å². The number of aromatic nitrogens is 1. The quantitative estimate of drug-likeness (QED) is 0.863. The van der Waals surface area contributed by atoms with Crippen LogP contribution in [-0.2, 0) is 11.3 Å². The Morgan fingerprint density at radius 2 is 2.06 bits per heavy atom. The van der Waals surface area contributed by atoms with Crippen molar-refractivity contribution in [2.75, 3.05) is 6.54 Å². The smallest absolute Gasteiger partial charge is 0.242 e. The fraction of sp³-hybridized carbons (Fsp3) is 0.571. The molecule has 4 heteroatoms. The minimum absolute atomic E-state index is 0.0772. The van der Waals surface area contributed by atoms with Crippen molar-refractivity contribution in [1.82, 2.24) is 15.2 Å². The van der Waals surface area contributed by atoms with Crippen LogP contribution in [0.2, 0.25) is 0 Å². The normalized spacial score (nSPS) is 22.0. The summed E-state index contributed by atoms with van der Waals surface area (Å²) < 4.78 is 0. The molecule has 0 aromatic carbocycles. The van der Waals surface area contributed by atoms with Gasteiger partial charge in [-0.1, -0.05) is 6.07 Å². The molecule has 1 amide bonds. The molecule has 0 unspecified atom stereocenters. The van der Waals surface area contributed by atoms with E-state index in [9.17, 15) is 4.79 Å². The fourth-order valence-corrected chi connectivity index (χ4v) is 2.70. The summed E-state index contributed by atoms with van der Waals surface area (Å²) in [4.78, 5) is 18.6. The predicted octanol–water partition coefficient (Wildman–Crippen LogP) is 1.57. The van der Waals surface area contributed by atoms with Crippen LogP contribution in [0.4, 0.5) is 0 Å². The molecule has 0 spiro atoms. The minimum atomic E-state index is -0.517. The van der Waals surface area contributed by atoms with Gasteiger partial charge in [0.2, 0.25) is 5.91 Å². The second-order valence-corrected chi connectivity index (χ2v) is 6.12. The van der Waals surface area contributed by atoms with Gasteiger partial charge >= 0.3 is 0 Å². The zero-order valence-corrected chi connectivity index (χ0v) is 11.5. The van der Waals surface area contributed by atoms with Crippen LogP contribution in [0, 0.1) is 0 Å². The number of pyridine rings is 1. The summed E-state index contributed by atoms with van der Waals surface area (Å²) in [6, 6.07) is 5.79. The topological polar surface area (TPSA) is 45.2 Å². The van der Waals surface area contributed by atoms with E-state index >= 15 is 0 Å². The van der Waals surface area contributed by atoms with Gasteiger partial charge in [-0.15, -0.1) is 0 Å². The number of rotatable bonds is 2. The average molecular weight is 247 g/mol. The SMILES string of the molecule is CC1(C)CN(Cc2ccccn2)C(=O)C(C)(C)N1. The molecule has 1 N–H and O–H groups in total. The van der Waals surface area contributed by atoms with Gasteiger partial charge in [0.25, 0.3) is 0 Å². The van der Waals surface area contributed by atoms with Gasteiger partial charge in [0, 0.05) is 18.3 Å². The Labute approximate surface area is 108 Å². The van der Waals surface area contributed by atoms with E-state index in [4.69, 9.17) is 0 Å². The third kappa shape index (κ3) is 2.70. The van der Waals surface area contributed by atoms with Crippen LogP contribution in [0.1, 0.15) is 33.4 Å². The Hall–Kier alpha value is -1.42. The Morgan fingerprint density at radius 3 is 2.67 bits per heavy atom. The lowest BCUT2D eigenvalue weighted by molar-refractivity contribution is -0.144. The molecule has 0 aliphatic carbocycles. The van der Waals surface area contributed by atoms with Crippen LogP contribution in [0.5, 0.6) is 0 Å². The first-order valence-corrected chi connectivity index (χ1v) is 6.29. The van der Waals surface area contributed by atoms with Crippen molar-refractivity contribution in [2.24, 2.45) is 0 Å². The Kier molecular flexibility index (Phi) is 3.15. The minimum Gasteiger partial charge on any atom is -0.333 e. The van der Waals surface area contributed by atoms with E-state index < -0.39 is 5.54 Å². The highest BCUT2D eigenvalue weighted by molar-refractivity contribution is 5.86. The second kappa shape index (κ2) is 4.35. The maximum absolute atomic E-state index is 12.4. The van der Waals surface area contributed by atoms with Gasteiger partial charge in [0.15, 0.2) is 0 Å². The van der Waals surface area contributed by atoms with Gasteiger partial charge in [-0.25, -0.2) is 0 Å². The first-order chi connectivity index (χ1) is 8.30. The number of hydrogen-bond donors (Lipinski definition) is 1. The van der Waals surface area contributed by atoms with Crippen molar-refractivity contribution >= 4 is 5.91 Å². The summed E-state index contributed by atoms with van der Waals surface area (Å²) in [5.74, 6) is 0.132. The monoisotopic (exact) mass is 247 g/mol. The summed E-state index contributed by atoms with van der Waals surface area (Å²) in [7, 11) is 0. The van der Waals surface area contributed by atoms with Gasteiger partial charge in [0.05, 0.1) is 17.8 Å². The molecule has 0 bridgehead atoms. The molecule has 1 saturated heterocycles. The van der Waals surface area contributed by atoms with Crippen LogP contribution >= 0.6 is 0 Å². The highest BCUT2D eigenvalue weighted by Crippen LogP contribution is 2.23. The molecule has 0 radical (unpaired) electrons. The number of nitrogens with zero attached hydrogens (tertiary/aromatic N) is 2. The first-order valence-electron chi connectivity index (χ1n) is 6.29. The largest absolute Gasteiger partial charge is 0.333 e. The lowest BCUT2D eigenvalue weighted by Crippen LogP contribution is -2.69. The number of carbonyl (C=O) groups excluding carboxylic acids is 1. The zero-order valence-electron chi connectivity index (χ0n) is 11.5. The molecule has 4 nitrogen and oxygen atoms in total. The van der Waals surface area contributed by atoms with E-state index in [1.54, 1.807) is 6.20 Å². The summed E-state index contributed by atoms with van der Waals surface area (Å²) in [6.45, 7) is 9.38. The highest BCUT2D eigenvalue weighted by Gasteiger charge is 2.43. The number of carbonyl (C=O) groups is 1. The molecule has 0 saturated carbocycles. The van der Waals surface area contributed by atoms with Crippen molar-refractivity contribution < 1.29 is 4.79 Å². The van der Waals surface area contributed by atoms with Gasteiger partial charge in [-0.2, -0.15) is 0 Å². The highest BCUT2D eigenvalue weighted by atomic mass is 16.2. The Balaban J connectivity index is 2.19. The summed E-state index contributed by atoms with van der Waals surface area (Å²) in [6.07, 6.45) is 1.76. The van der Waals surface area contributed by atoms with Gasteiger partial charge in [-0.05, 0) is 39.8 Å². The standard InChI is InChI=1S/C14H21N3O/c1-13(2)10-17(12(18)14(3,4)16-13)9-11-7-5-6-8-15-11/h5-8,16H,9-10H2,1-4H3. The average Bonchev–Trinajstić information content (AvgIpc) is 2.25. The molecule has 2 heterocycles.